The van der Waals surface area contributed by atoms with Crippen molar-refractivity contribution in [2.45, 2.75) is 41.0 Å². The number of hydrogen-bond acceptors (Lipinski definition) is 1. The van der Waals surface area contributed by atoms with Crippen molar-refractivity contribution in [2.75, 3.05) is 0 Å². The van der Waals surface area contributed by atoms with Gasteiger partial charge in [0, 0.05) is 17.3 Å². The van der Waals surface area contributed by atoms with Crippen molar-refractivity contribution >= 4 is 6.21 Å². The van der Waals surface area contributed by atoms with Crippen LogP contribution in [0.5, 0.6) is 0 Å². The molecule has 0 N–H and O–H groups in total. The number of allylic oxidation sites excluding steroid dienone is 3. The molecule has 0 amide bonds. The van der Waals surface area contributed by atoms with Crippen LogP contribution in [0.25, 0.3) is 0 Å². The Morgan fingerprint density at radius 3 is 2.23 bits per heavy atom. The number of hydrogen-bond donors (Lipinski definition) is 0. The fourth-order valence-corrected chi connectivity index (χ4v) is 0.724. The van der Waals surface area contributed by atoms with Gasteiger partial charge in [-0.05, 0) is 18.9 Å². The summed E-state index contributed by atoms with van der Waals surface area (Å²) in [5.41, 5.74) is 2.26. The third-order valence-corrected chi connectivity index (χ3v) is 2.03. The largest absolute Gasteiger partial charge is 0.261 e. The Balaban J connectivity index is 4.37. The van der Waals surface area contributed by atoms with Crippen molar-refractivity contribution < 1.29 is 0 Å². The second-order valence-corrected chi connectivity index (χ2v) is 4.17. The van der Waals surface area contributed by atoms with Gasteiger partial charge in [0.1, 0.15) is 0 Å². The average Bonchev–Trinajstić information content (AvgIpc) is 2.04. The van der Waals surface area contributed by atoms with Crippen LogP contribution in [-0.4, -0.2) is 6.21 Å². The first-order valence-corrected chi connectivity index (χ1v) is 4.80. The molecule has 0 aromatic rings. The molecule has 0 aliphatic heterocycles. The second-order valence-electron chi connectivity index (χ2n) is 4.17. The first-order valence-electron chi connectivity index (χ1n) is 4.80. The molecule has 0 aromatic heterocycles. The summed E-state index contributed by atoms with van der Waals surface area (Å²) in [5.74, 6) is 0. The summed E-state index contributed by atoms with van der Waals surface area (Å²) < 4.78 is 0. The number of aliphatic imine (C=N–C) groups is 1. The molecule has 1 heteroatoms. The quantitative estimate of drug-likeness (QED) is 0.581. The predicted octanol–water partition coefficient (Wildman–Crippen LogP) is 3.97. The van der Waals surface area contributed by atoms with E-state index in [0.717, 1.165) is 12.1 Å². The highest BCUT2D eigenvalue weighted by atomic mass is 14.7. The van der Waals surface area contributed by atoms with Crippen LogP contribution in [-0.2, 0) is 0 Å². The Morgan fingerprint density at radius 1 is 1.38 bits per heavy atom. The average molecular weight is 179 g/mol. The maximum atomic E-state index is 4.35. The lowest BCUT2D eigenvalue weighted by Gasteiger charge is -2.17. The number of nitrogens with zero attached hydrogens (tertiary/aromatic N) is 1. The molecular formula is C12H21N. The third kappa shape index (κ3) is 4.66. The molecular weight excluding hydrogens is 158 g/mol. The van der Waals surface area contributed by atoms with E-state index < -0.39 is 0 Å². The number of rotatable bonds is 3. The van der Waals surface area contributed by atoms with E-state index in [0.29, 0.717) is 0 Å². The van der Waals surface area contributed by atoms with Gasteiger partial charge in [-0.1, -0.05) is 40.3 Å². The van der Waals surface area contributed by atoms with E-state index in [1.54, 1.807) is 0 Å². The maximum Gasteiger partial charge on any atom is 0.0385 e. The zero-order valence-corrected chi connectivity index (χ0v) is 9.52. The molecule has 13 heavy (non-hydrogen) atoms. The lowest BCUT2D eigenvalue weighted by Crippen LogP contribution is -2.06. The van der Waals surface area contributed by atoms with Crippen molar-refractivity contribution in [3.05, 3.63) is 23.9 Å². The monoisotopic (exact) mass is 179 g/mol. The van der Waals surface area contributed by atoms with Crippen LogP contribution in [0.1, 0.15) is 41.0 Å². The first-order chi connectivity index (χ1) is 5.91. The van der Waals surface area contributed by atoms with Gasteiger partial charge in [0.05, 0.1) is 0 Å². The van der Waals surface area contributed by atoms with Gasteiger partial charge in [0.2, 0.25) is 0 Å². The summed E-state index contributed by atoms with van der Waals surface area (Å²) in [6.07, 6.45) is 5.02. The zero-order valence-electron chi connectivity index (χ0n) is 9.52. The minimum atomic E-state index is 0.0725. The Kier molecular flexibility index (Phi) is 4.68. The Hall–Kier alpha value is -0.850. The van der Waals surface area contributed by atoms with Gasteiger partial charge >= 0.3 is 0 Å². The van der Waals surface area contributed by atoms with E-state index in [-0.39, 0.29) is 5.41 Å². The fourth-order valence-electron chi connectivity index (χ4n) is 0.724. The van der Waals surface area contributed by atoms with Gasteiger partial charge in [-0.3, -0.25) is 4.99 Å². The highest BCUT2D eigenvalue weighted by Gasteiger charge is 2.13. The molecule has 0 atom stereocenters. The molecule has 0 rings (SSSR count). The summed E-state index contributed by atoms with van der Waals surface area (Å²) in [6.45, 7) is 14.5. The second kappa shape index (κ2) is 5.00. The third-order valence-electron chi connectivity index (χ3n) is 2.03. The van der Waals surface area contributed by atoms with E-state index in [1.807, 2.05) is 13.1 Å². The van der Waals surface area contributed by atoms with E-state index >= 15 is 0 Å². The molecule has 1 nitrogen and oxygen atoms in total. The van der Waals surface area contributed by atoms with Gasteiger partial charge in [0.25, 0.3) is 0 Å². The highest BCUT2D eigenvalue weighted by Crippen LogP contribution is 2.24. The molecule has 0 radical (unpaired) electrons. The molecule has 0 unspecified atom stereocenters. The molecule has 0 saturated carbocycles. The highest BCUT2D eigenvalue weighted by molar-refractivity contribution is 5.79. The summed E-state index contributed by atoms with van der Waals surface area (Å²) in [4.78, 5) is 4.35. The van der Waals surface area contributed by atoms with Crippen LogP contribution in [0.3, 0.4) is 0 Å². The smallest absolute Gasteiger partial charge is 0.0385 e. The van der Waals surface area contributed by atoms with E-state index in [9.17, 15) is 0 Å². The molecule has 0 aliphatic rings. The van der Waals surface area contributed by atoms with Crippen molar-refractivity contribution in [3.8, 4) is 0 Å². The molecule has 0 saturated heterocycles. The molecule has 74 valence electrons. The normalized spacial score (nSPS) is 13.8. The molecule has 0 spiro atoms. The molecule has 0 aliphatic carbocycles. The predicted molar refractivity (Wildman–Crippen MR) is 61.1 cm³/mol. The van der Waals surface area contributed by atoms with Crippen LogP contribution >= 0.6 is 0 Å². The summed E-state index contributed by atoms with van der Waals surface area (Å²) in [5, 5.41) is 0. The summed E-state index contributed by atoms with van der Waals surface area (Å²) in [7, 11) is 0. The van der Waals surface area contributed by atoms with Gasteiger partial charge in [-0.15, -0.1) is 0 Å². The fraction of sp³-hybridized carbons (Fsp3) is 0.583. The van der Waals surface area contributed by atoms with Gasteiger partial charge < -0.3 is 0 Å². The van der Waals surface area contributed by atoms with E-state index in [1.165, 1.54) is 5.57 Å². The topological polar surface area (TPSA) is 12.4 Å². The van der Waals surface area contributed by atoms with Gasteiger partial charge in [-0.2, -0.15) is 0 Å². The van der Waals surface area contributed by atoms with Crippen LogP contribution in [0.2, 0.25) is 0 Å². The minimum Gasteiger partial charge on any atom is -0.261 e. The first kappa shape index (κ1) is 12.2. The molecule has 0 fully saturated rings. The molecule has 0 bridgehead atoms. The van der Waals surface area contributed by atoms with Crippen LogP contribution in [0.15, 0.2) is 28.9 Å². The van der Waals surface area contributed by atoms with E-state index in [2.05, 4.69) is 45.3 Å². The maximum absolute atomic E-state index is 4.35. The standard InChI is InChI=1S/C12H21N/c1-7-11(8-2)9-13-10(3)12(4,5)6/h7,9H,3,8H2,1-2,4-6H3/b11-7-,13-9?. The Labute approximate surface area is 82.3 Å². The Bertz CT molecular complexity index is 226. The summed E-state index contributed by atoms with van der Waals surface area (Å²) in [6, 6.07) is 0. The zero-order chi connectivity index (χ0) is 10.5. The summed E-state index contributed by atoms with van der Waals surface area (Å²) >= 11 is 0. The van der Waals surface area contributed by atoms with Crippen molar-refractivity contribution in [1.29, 1.82) is 0 Å². The molecule has 0 aromatic carbocycles. The van der Waals surface area contributed by atoms with Gasteiger partial charge in [0.15, 0.2) is 0 Å². The Morgan fingerprint density at radius 2 is 1.92 bits per heavy atom. The SMILES string of the molecule is C=C(N=C/C(=C\C)CC)C(C)(C)C. The van der Waals surface area contributed by atoms with Crippen LogP contribution in [0.4, 0.5) is 0 Å². The van der Waals surface area contributed by atoms with Crippen molar-refractivity contribution in [2.24, 2.45) is 10.4 Å². The van der Waals surface area contributed by atoms with Crippen LogP contribution < -0.4 is 0 Å². The van der Waals surface area contributed by atoms with Crippen molar-refractivity contribution in [3.63, 3.8) is 0 Å². The lowest BCUT2D eigenvalue weighted by atomic mass is 9.93. The molecule has 0 heterocycles. The van der Waals surface area contributed by atoms with E-state index in [4.69, 9.17) is 0 Å². The van der Waals surface area contributed by atoms with Gasteiger partial charge in [-0.25, -0.2) is 0 Å². The van der Waals surface area contributed by atoms with Crippen molar-refractivity contribution in [1.82, 2.24) is 0 Å². The van der Waals surface area contributed by atoms with Crippen LogP contribution in [0, 0.1) is 5.41 Å². The minimum absolute atomic E-state index is 0.0725. The lowest BCUT2D eigenvalue weighted by molar-refractivity contribution is 0.501.